The maximum absolute atomic E-state index is 12.6. The minimum absolute atomic E-state index is 0.0391. The van der Waals surface area contributed by atoms with Gasteiger partial charge in [-0.15, -0.1) is 0 Å². The molecule has 0 radical (unpaired) electrons. The summed E-state index contributed by atoms with van der Waals surface area (Å²) in [4.78, 5) is 14.5. The van der Waals surface area contributed by atoms with Gasteiger partial charge in [-0.25, -0.2) is 4.79 Å². The van der Waals surface area contributed by atoms with Crippen LogP contribution in [0, 0.1) is 6.92 Å². The summed E-state index contributed by atoms with van der Waals surface area (Å²) in [5, 5.41) is 13.1. The third-order valence-electron chi connectivity index (χ3n) is 4.67. The van der Waals surface area contributed by atoms with Crippen molar-refractivity contribution in [1.29, 1.82) is 0 Å². The Balaban J connectivity index is 1.68. The average Bonchev–Trinajstić information content (AvgIpc) is 3.35. The predicted molar refractivity (Wildman–Crippen MR) is 93.9 cm³/mol. The van der Waals surface area contributed by atoms with Gasteiger partial charge in [0.1, 0.15) is 11.3 Å². The van der Waals surface area contributed by atoms with Crippen molar-refractivity contribution in [1.82, 2.24) is 10.2 Å². The van der Waals surface area contributed by atoms with E-state index < -0.39 is 0 Å². The SMILES string of the molecule is Cc1c(C(C)NC(=O)N(CCCCO)C2CC2)oc2ccccc12. The lowest BCUT2D eigenvalue weighted by Crippen LogP contribution is -2.43. The van der Waals surface area contributed by atoms with Crippen molar-refractivity contribution in [3.05, 3.63) is 35.6 Å². The van der Waals surface area contributed by atoms with Crippen LogP contribution in [0.1, 0.15) is 50.0 Å². The van der Waals surface area contributed by atoms with Crippen molar-refractivity contribution in [2.45, 2.75) is 51.6 Å². The Labute approximate surface area is 142 Å². The van der Waals surface area contributed by atoms with Crippen molar-refractivity contribution < 1.29 is 14.3 Å². The Morgan fingerprint density at radius 1 is 1.38 bits per heavy atom. The first-order valence-corrected chi connectivity index (χ1v) is 8.78. The molecule has 1 fully saturated rings. The van der Waals surface area contributed by atoms with Gasteiger partial charge in [-0.2, -0.15) is 0 Å². The summed E-state index contributed by atoms with van der Waals surface area (Å²) in [6.07, 6.45) is 3.71. The molecular weight excluding hydrogens is 304 g/mol. The fraction of sp³-hybridized carbons (Fsp3) is 0.526. The fourth-order valence-corrected chi connectivity index (χ4v) is 3.17. The molecule has 1 heterocycles. The molecule has 5 nitrogen and oxygen atoms in total. The van der Waals surface area contributed by atoms with Gasteiger partial charge >= 0.3 is 6.03 Å². The largest absolute Gasteiger partial charge is 0.459 e. The number of para-hydroxylation sites is 1. The van der Waals surface area contributed by atoms with Crippen molar-refractivity contribution in [3.8, 4) is 0 Å². The number of carbonyl (C=O) groups excluding carboxylic acids is 1. The molecule has 0 aliphatic heterocycles. The van der Waals surface area contributed by atoms with Crippen LogP contribution >= 0.6 is 0 Å². The van der Waals surface area contributed by atoms with E-state index in [9.17, 15) is 4.79 Å². The molecule has 3 rings (SSSR count). The third kappa shape index (κ3) is 3.56. The zero-order chi connectivity index (χ0) is 17.1. The summed E-state index contributed by atoms with van der Waals surface area (Å²) >= 11 is 0. The third-order valence-corrected chi connectivity index (χ3v) is 4.67. The molecule has 2 aromatic rings. The van der Waals surface area contributed by atoms with E-state index in [1.807, 2.05) is 43.0 Å². The van der Waals surface area contributed by atoms with Crippen molar-refractivity contribution in [2.75, 3.05) is 13.2 Å². The maximum atomic E-state index is 12.6. The van der Waals surface area contributed by atoms with Gasteiger partial charge in [0, 0.05) is 30.1 Å². The van der Waals surface area contributed by atoms with E-state index in [4.69, 9.17) is 9.52 Å². The topological polar surface area (TPSA) is 65.7 Å². The van der Waals surface area contributed by atoms with E-state index in [-0.39, 0.29) is 18.7 Å². The Morgan fingerprint density at radius 2 is 2.12 bits per heavy atom. The second-order valence-electron chi connectivity index (χ2n) is 6.61. The highest BCUT2D eigenvalue weighted by Gasteiger charge is 2.33. The highest BCUT2D eigenvalue weighted by molar-refractivity contribution is 5.82. The number of benzene rings is 1. The molecule has 0 spiro atoms. The quantitative estimate of drug-likeness (QED) is 0.760. The number of nitrogens with zero attached hydrogens (tertiary/aromatic N) is 1. The van der Waals surface area contributed by atoms with Gasteiger partial charge in [-0.05, 0) is 45.6 Å². The monoisotopic (exact) mass is 330 g/mol. The van der Waals surface area contributed by atoms with Crippen LogP contribution in [-0.2, 0) is 0 Å². The van der Waals surface area contributed by atoms with Crippen molar-refractivity contribution in [3.63, 3.8) is 0 Å². The summed E-state index contributed by atoms with van der Waals surface area (Å²) in [6.45, 7) is 4.86. The number of amides is 2. The minimum Gasteiger partial charge on any atom is -0.459 e. The number of urea groups is 1. The number of carbonyl (C=O) groups is 1. The number of rotatable bonds is 7. The van der Waals surface area contributed by atoms with Crippen LogP contribution in [0.2, 0.25) is 0 Å². The zero-order valence-corrected chi connectivity index (χ0v) is 14.4. The Kier molecular flexibility index (Phi) is 5.09. The van der Waals surface area contributed by atoms with Crippen LogP contribution < -0.4 is 5.32 Å². The van der Waals surface area contributed by atoms with Gasteiger partial charge in [0.15, 0.2) is 0 Å². The van der Waals surface area contributed by atoms with Crippen LogP contribution in [0.5, 0.6) is 0 Å². The molecule has 0 bridgehead atoms. The van der Waals surface area contributed by atoms with E-state index >= 15 is 0 Å². The molecule has 1 saturated carbocycles. The number of aliphatic hydroxyl groups excluding tert-OH is 1. The maximum Gasteiger partial charge on any atom is 0.318 e. The number of fused-ring (bicyclic) bond motifs is 1. The molecule has 130 valence electrons. The first kappa shape index (κ1) is 16.8. The lowest BCUT2D eigenvalue weighted by atomic mass is 10.1. The molecule has 1 aromatic carbocycles. The van der Waals surface area contributed by atoms with Gasteiger partial charge in [0.2, 0.25) is 0 Å². The lowest BCUT2D eigenvalue weighted by molar-refractivity contribution is 0.186. The normalized spacial score (nSPS) is 15.5. The van der Waals surface area contributed by atoms with Crippen LogP contribution in [0.3, 0.4) is 0 Å². The second-order valence-corrected chi connectivity index (χ2v) is 6.61. The summed E-state index contributed by atoms with van der Waals surface area (Å²) in [5.41, 5.74) is 1.93. The lowest BCUT2D eigenvalue weighted by Gasteiger charge is -2.24. The van der Waals surface area contributed by atoms with E-state index in [0.29, 0.717) is 12.6 Å². The Bertz CT molecular complexity index is 706. The zero-order valence-electron chi connectivity index (χ0n) is 14.4. The predicted octanol–water partition coefficient (Wildman–Crippen LogP) is 3.75. The van der Waals surface area contributed by atoms with Crippen LogP contribution in [0.4, 0.5) is 4.79 Å². The molecule has 1 aliphatic rings. The molecular formula is C19H26N2O3. The van der Waals surface area contributed by atoms with Gasteiger partial charge in [0.05, 0.1) is 6.04 Å². The molecule has 2 amide bonds. The van der Waals surface area contributed by atoms with Crippen LogP contribution in [0.25, 0.3) is 11.0 Å². The number of unbranched alkanes of at least 4 members (excludes halogenated alkanes) is 1. The van der Waals surface area contributed by atoms with E-state index in [1.165, 1.54) is 0 Å². The smallest absolute Gasteiger partial charge is 0.318 e. The second kappa shape index (κ2) is 7.26. The van der Waals surface area contributed by atoms with Crippen molar-refractivity contribution in [2.24, 2.45) is 0 Å². The number of aliphatic hydroxyl groups is 1. The summed E-state index contributed by atoms with van der Waals surface area (Å²) in [5.74, 6) is 0.815. The summed E-state index contributed by atoms with van der Waals surface area (Å²) in [6, 6.07) is 8.07. The molecule has 1 unspecified atom stereocenters. The average molecular weight is 330 g/mol. The Morgan fingerprint density at radius 3 is 2.79 bits per heavy atom. The number of hydrogen-bond donors (Lipinski definition) is 2. The standard InChI is InChI=1S/C19H26N2O3/c1-13-16-7-3-4-8-17(16)24-18(13)14(2)20-19(23)21(15-9-10-15)11-5-6-12-22/h3-4,7-8,14-15,22H,5-6,9-12H2,1-2H3,(H,20,23). The molecule has 1 aliphatic carbocycles. The van der Waals surface area contributed by atoms with Gasteiger partial charge < -0.3 is 19.7 Å². The molecule has 1 atom stereocenters. The number of furan rings is 1. The summed E-state index contributed by atoms with van der Waals surface area (Å²) in [7, 11) is 0. The van der Waals surface area contributed by atoms with Gasteiger partial charge in [0.25, 0.3) is 0 Å². The number of hydrogen-bond acceptors (Lipinski definition) is 3. The number of aryl methyl sites for hydroxylation is 1. The van der Waals surface area contributed by atoms with Gasteiger partial charge in [-0.1, -0.05) is 18.2 Å². The van der Waals surface area contributed by atoms with E-state index in [1.54, 1.807) is 0 Å². The van der Waals surface area contributed by atoms with E-state index in [2.05, 4.69) is 5.32 Å². The first-order chi connectivity index (χ1) is 11.6. The van der Waals surface area contributed by atoms with Gasteiger partial charge in [-0.3, -0.25) is 0 Å². The molecule has 24 heavy (non-hydrogen) atoms. The molecule has 5 heteroatoms. The highest BCUT2D eigenvalue weighted by atomic mass is 16.3. The molecule has 2 N–H and O–H groups in total. The minimum atomic E-state index is -0.177. The Hall–Kier alpha value is -2.01. The fourth-order valence-electron chi connectivity index (χ4n) is 3.17. The van der Waals surface area contributed by atoms with Crippen LogP contribution in [-0.4, -0.2) is 35.2 Å². The number of nitrogens with one attached hydrogen (secondary N) is 1. The highest BCUT2D eigenvalue weighted by Crippen LogP contribution is 2.30. The molecule has 1 aromatic heterocycles. The first-order valence-electron chi connectivity index (χ1n) is 8.78. The molecule has 0 saturated heterocycles. The van der Waals surface area contributed by atoms with E-state index in [0.717, 1.165) is 48.0 Å². The van der Waals surface area contributed by atoms with Crippen molar-refractivity contribution >= 4 is 17.0 Å². The van der Waals surface area contributed by atoms with Crippen LogP contribution in [0.15, 0.2) is 28.7 Å². The summed E-state index contributed by atoms with van der Waals surface area (Å²) < 4.78 is 5.95.